The van der Waals surface area contributed by atoms with Crippen LogP contribution in [0.3, 0.4) is 0 Å². The Kier molecular flexibility index (Phi) is 3.84. The first kappa shape index (κ1) is 13.8. The first-order valence-electron chi connectivity index (χ1n) is 6.98. The van der Waals surface area contributed by atoms with Crippen molar-refractivity contribution in [1.82, 2.24) is 15.0 Å². The Morgan fingerprint density at radius 2 is 1.82 bits per heavy atom. The number of hydrogen-bond acceptors (Lipinski definition) is 4. The van der Waals surface area contributed by atoms with Gasteiger partial charge in [-0.15, -0.1) is 5.10 Å². The van der Waals surface area contributed by atoms with Crippen LogP contribution < -0.4 is 4.74 Å². The minimum atomic E-state index is 0.289. The predicted octanol–water partition coefficient (Wildman–Crippen LogP) is 3.20. The van der Waals surface area contributed by atoms with Crippen molar-refractivity contribution in [1.29, 1.82) is 5.26 Å². The van der Waals surface area contributed by atoms with Crippen molar-refractivity contribution in [2.24, 2.45) is 0 Å². The van der Waals surface area contributed by atoms with Crippen LogP contribution in [0.25, 0.3) is 16.9 Å². The molecule has 3 aromatic rings. The standard InChI is InChI=1S/C17H14N4O/c1-2-22-16-11-7-6-10-15(16)21-17(14(12-18)19-20-21)13-8-4-3-5-9-13/h3-11H,2H2,1H3. The Labute approximate surface area is 128 Å². The van der Waals surface area contributed by atoms with Crippen LogP contribution in [0.15, 0.2) is 54.6 Å². The van der Waals surface area contributed by atoms with Crippen LogP contribution in [0.5, 0.6) is 5.75 Å². The van der Waals surface area contributed by atoms with Crippen molar-refractivity contribution in [3.8, 4) is 28.8 Å². The van der Waals surface area contributed by atoms with Crippen LogP contribution in [-0.4, -0.2) is 21.6 Å². The topological polar surface area (TPSA) is 63.7 Å². The van der Waals surface area contributed by atoms with Crippen LogP contribution >= 0.6 is 0 Å². The summed E-state index contributed by atoms with van der Waals surface area (Å²) in [5.41, 5.74) is 2.60. The van der Waals surface area contributed by atoms with E-state index >= 15 is 0 Å². The smallest absolute Gasteiger partial charge is 0.191 e. The maximum atomic E-state index is 9.32. The summed E-state index contributed by atoms with van der Waals surface area (Å²) in [6.45, 7) is 2.48. The summed E-state index contributed by atoms with van der Waals surface area (Å²) in [5.74, 6) is 0.705. The van der Waals surface area contributed by atoms with E-state index in [0.717, 1.165) is 11.3 Å². The van der Waals surface area contributed by atoms with Crippen LogP contribution in [-0.2, 0) is 0 Å². The van der Waals surface area contributed by atoms with Crippen molar-refractivity contribution in [3.63, 3.8) is 0 Å². The summed E-state index contributed by atoms with van der Waals surface area (Å²) in [4.78, 5) is 0. The number of ether oxygens (including phenoxy) is 1. The van der Waals surface area contributed by atoms with E-state index in [0.29, 0.717) is 18.1 Å². The van der Waals surface area contributed by atoms with Crippen molar-refractivity contribution >= 4 is 0 Å². The monoisotopic (exact) mass is 290 g/mol. The van der Waals surface area contributed by atoms with Crippen molar-refractivity contribution in [2.75, 3.05) is 6.61 Å². The maximum absolute atomic E-state index is 9.32. The highest BCUT2D eigenvalue weighted by Crippen LogP contribution is 2.29. The van der Waals surface area contributed by atoms with Gasteiger partial charge >= 0.3 is 0 Å². The van der Waals surface area contributed by atoms with Gasteiger partial charge in [0.2, 0.25) is 0 Å². The van der Waals surface area contributed by atoms with E-state index in [-0.39, 0.29) is 5.69 Å². The van der Waals surface area contributed by atoms with Crippen molar-refractivity contribution < 1.29 is 4.74 Å². The van der Waals surface area contributed by atoms with E-state index < -0.39 is 0 Å². The predicted molar refractivity (Wildman–Crippen MR) is 82.7 cm³/mol. The lowest BCUT2D eigenvalue weighted by atomic mass is 10.1. The third-order valence-electron chi connectivity index (χ3n) is 3.22. The van der Waals surface area contributed by atoms with Crippen molar-refractivity contribution in [3.05, 3.63) is 60.3 Å². The maximum Gasteiger partial charge on any atom is 0.191 e. The third-order valence-corrected chi connectivity index (χ3v) is 3.22. The first-order valence-corrected chi connectivity index (χ1v) is 6.98. The van der Waals surface area contributed by atoms with E-state index in [1.807, 2.05) is 61.5 Å². The molecule has 3 rings (SSSR count). The fourth-order valence-corrected chi connectivity index (χ4v) is 2.29. The number of rotatable bonds is 4. The average molecular weight is 290 g/mol. The third kappa shape index (κ3) is 2.42. The SMILES string of the molecule is CCOc1ccccc1-n1nnc(C#N)c1-c1ccccc1. The summed E-state index contributed by atoms with van der Waals surface area (Å²) in [7, 11) is 0. The number of nitriles is 1. The molecule has 5 heteroatoms. The minimum Gasteiger partial charge on any atom is -0.492 e. The van der Waals surface area contributed by atoms with Crippen LogP contribution in [0.4, 0.5) is 0 Å². The summed E-state index contributed by atoms with van der Waals surface area (Å²) in [6.07, 6.45) is 0. The molecule has 1 heterocycles. The van der Waals surface area contributed by atoms with E-state index in [4.69, 9.17) is 4.74 Å². The zero-order valence-corrected chi connectivity index (χ0v) is 12.1. The van der Waals surface area contributed by atoms with E-state index in [9.17, 15) is 5.26 Å². The van der Waals surface area contributed by atoms with Gasteiger partial charge in [-0.3, -0.25) is 0 Å². The molecule has 0 unspecified atom stereocenters. The Balaban J connectivity index is 2.22. The van der Waals surface area contributed by atoms with E-state index in [1.165, 1.54) is 0 Å². The fourth-order valence-electron chi connectivity index (χ4n) is 2.29. The molecule has 2 aromatic carbocycles. The number of aromatic nitrogens is 3. The quantitative estimate of drug-likeness (QED) is 0.740. The summed E-state index contributed by atoms with van der Waals surface area (Å²) >= 11 is 0. The van der Waals surface area contributed by atoms with Gasteiger partial charge in [0.25, 0.3) is 0 Å². The summed E-state index contributed by atoms with van der Waals surface area (Å²) in [5, 5.41) is 17.4. The molecular formula is C17H14N4O. The van der Waals surface area contributed by atoms with Gasteiger partial charge in [0.05, 0.1) is 6.61 Å². The van der Waals surface area contributed by atoms with Crippen LogP contribution in [0, 0.1) is 11.3 Å². The van der Waals surface area contributed by atoms with Gasteiger partial charge in [-0.05, 0) is 19.1 Å². The van der Waals surface area contributed by atoms with Gasteiger partial charge in [0.15, 0.2) is 5.69 Å². The molecule has 0 amide bonds. The molecule has 1 aromatic heterocycles. The number of hydrogen-bond donors (Lipinski definition) is 0. The van der Waals surface area contributed by atoms with Gasteiger partial charge in [0.1, 0.15) is 23.2 Å². The molecule has 22 heavy (non-hydrogen) atoms. The average Bonchev–Trinajstić information content (AvgIpc) is 3.00. The zero-order valence-electron chi connectivity index (χ0n) is 12.1. The minimum absolute atomic E-state index is 0.289. The molecular weight excluding hydrogens is 276 g/mol. The summed E-state index contributed by atoms with van der Waals surface area (Å²) in [6, 6.07) is 19.3. The Morgan fingerprint density at radius 3 is 2.55 bits per heavy atom. The molecule has 0 saturated heterocycles. The molecule has 0 aliphatic heterocycles. The molecule has 5 nitrogen and oxygen atoms in total. The lowest BCUT2D eigenvalue weighted by molar-refractivity contribution is 0.338. The highest BCUT2D eigenvalue weighted by molar-refractivity contribution is 5.68. The number of para-hydroxylation sites is 2. The lowest BCUT2D eigenvalue weighted by Crippen LogP contribution is -2.03. The van der Waals surface area contributed by atoms with Gasteiger partial charge in [-0.2, -0.15) is 5.26 Å². The molecule has 108 valence electrons. The zero-order chi connectivity index (χ0) is 15.4. The first-order chi connectivity index (χ1) is 10.8. The van der Waals surface area contributed by atoms with Crippen LogP contribution in [0.1, 0.15) is 12.6 Å². The Bertz CT molecular complexity index is 818. The molecule has 0 radical (unpaired) electrons. The number of nitrogens with zero attached hydrogens (tertiary/aromatic N) is 4. The Hall–Kier alpha value is -3.13. The Morgan fingerprint density at radius 1 is 1.09 bits per heavy atom. The van der Waals surface area contributed by atoms with Gasteiger partial charge in [-0.25, -0.2) is 4.68 Å². The number of benzene rings is 2. The second-order valence-electron chi connectivity index (χ2n) is 4.58. The van der Waals surface area contributed by atoms with Gasteiger partial charge in [-0.1, -0.05) is 47.7 Å². The lowest BCUT2D eigenvalue weighted by Gasteiger charge is -2.12. The highest BCUT2D eigenvalue weighted by atomic mass is 16.5. The highest BCUT2D eigenvalue weighted by Gasteiger charge is 2.18. The van der Waals surface area contributed by atoms with E-state index in [2.05, 4.69) is 16.4 Å². The van der Waals surface area contributed by atoms with Crippen molar-refractivity contribution in [2.45, 2.75) is 6.92 Å². The molecule has 0 fully saturated rings. The molecule has 0 N–H and O–H groups in total. The molecule has 0 aliphatic carbocycles. The molecule has 0 spiro atoms. The molecule has 0 atom stereocenters. The largest absolute Gasteiger partial charge is 0.492 e. The molecule has 0 aliphatic rings. The summed E-state index contributed by atoms with van der Waals surface area (Å²) < 4.78 is 7.31. The van der Waals surface area contributed by atoms with Crippen LogP contribution in [0.2, 0.25) is 0 Å². The second kappa shape index (κ2) is 6.10. The van der Waals surface area contributed by atoms with E-state index in [1.54, 1.807) is 4.68 Å². The van der Waals surface area contributed by atoms with Gasteiger partial charge < -0.3 is 4.74 Å². The molecule has 0 saturated carbocycles. The normalized spacial score (nSPS) is 10.2. The van der Waals surface area contributed by atoms with Gasteiger partial charge in [0, 0.05) is 5.56 Å². The second-order valence-corrected chi connectivity index (χ2v) is 4.58. The molecule has 0 bridgehead atoms. The fraction of sp³-hybridized carbons (Fsp3) is 0.118.